The van der Waals surface area contributed by atoms with Gasteiger partial charge < -0.3 is 14.8 Å². The van der Waals surface area contributed by atoms with Crippen LogP contribution in [0, 0.1) is 0 Å². The van der Waals surface area contributed by atoms with Crippen LogP contribution in [0.1, 0.15) is 39.0 Å². The summed E-state index contributed by atoms with van der Waals surface area (Å²) in [6.07, 6.45) is 4.85. The zero-order valence-electron chi connectivity index (χ0n) is 14.4. The van der Waals surface area contributed by atoms with E-state index in [1.165, 1.54) is 5.57 Å². The van der Waals surface area contributed by atoms with Crippen molar-refractivity contribution in [1.82, 2.24) is 10.2 Å². The van der Waals surface area contributed by atoms with Crippen LogP contribution in [0.5, 0.6) is 0 Å². The van der Waals surface area contributed by atoms with Crippen molar-refractivity contribution < 1.29 is 19.1 Å². The minimum absolute atomic E-state index is 0.0615. The first-order valence-corrected chi connectivity index (χ1v) is 8.90. The summed E-state index contributed by atoms with van der Waals surface area (Å²) in [4.78, 5) is 26.9. The Morgan fingerprint density at radius 1 is 1.21 bits per heavy atom. The van der Waals surface area contributed by atoms with E-state index in [-0.39, 0.29) is 11.9 Å². The monoisotopic (exact) mass is 334 g/mol. The largest absolute Gasteiger partial charge is 0.462 e. The average molecular weight is 334 g/mol. The van der Waals surface area contributed by atoms with Gasteiger partial charge in [-0.1, -0.05) is 5.57 Å². The number of nitrogens with zero attached hydrogens (tertiary/aromatic N) is 1. The van der Waals surface area contributed by atoms with Gasteiger partial charge in [0.25, 0.3) is 0 Å². The topological polar surface area (TPSA) is 67.9 Å². The van der Waals surface area contributed by atoms with Gasteiger partial charge in [-0.3, -0.25) is 9.69 Å². The van der Waals surface area contributed by atoms with E-state index < -0.39 is 0 Å². The molecule has 132 valence electrons. The third kappa shape index (κ3) is 3.87. The number of rotatable bonds is 5. The van der Waals surface area contributed by atoms with E-state index in [1.807, 2.05) is 0 Å². The molecule has 1 saturated heterocycles. The predicted molar refractivity (Wildman–Crippen MR) is 89.2 cm³/mol. The normalized spacial score (nSPS) is 21.7. The maximum atomic E-state index is 12.4. The van der Waals surface area contributed by atoms with Crippen LogP contribution in [0.3, 0.4) is 0 Å². The quantitative estimate of drug-likeness (QED) is 0.772. The van der Waals surface area contributed by atoms with Crippen LogP contribution in [0.15, 0.2) is 22.4 Å². The standard InChI is InChI=1S/C18H26N2O4/c1-2-24-18(22)17-14-6-4-3-5-13(14)11-15(17)19-16(21)12-20-7-9-23-10-8-20/h2-12H2,1H3,(H,19,21). The van der Waals surface area contributed by atoms with Gasteiger partial charge in [0.2, 0.25) is 5.91 Å². The van der Waals surface area contributed by atoms with Crippen molar-refractivity contribution in [2.24, 2.45) is 0 Å². The smallest absolute Gasteiger partial charge is 0.340 e. The van der Waals surface area contributed by atoms with Crippen molar-refractivity contribution in [2.45, 2.75) is 39.0 Å². The number of morpholine rings is 1. The Hall–Kier alpha value is -1.66. The van der Waals surface area contributed by atoms with Gasteiger partial charge in [-0.05, 0) is 38.2 Å². The number of nitrogens with one attached hydrogen (secondary N) is 1. The van der Waals surface area contributed by atoms with E-state index in [9.17, 15) is 9.59 Å². The van der Waals surface area contributed by atoms with E-state index in [1.54, 1.807) is 6.92 Å². The fraction of sp³-hybridized carbons (Fsp3) is 0.667. The van der Waals surface area contributed by atoms with Crippen molar-refractivity contribution in [2.75, 3.05) is 39.5 Å². The van der Waals surface area contributed by atoms with Gasteiger partial charge in [0.05, 0.1) is 31.9 Å². The third-order valence-corrected chi connectivity index (χ3v) is 4.82. The molecule has 6 heteroatoms. The second kappa shape index (κ2) is 7.94. The van der Waals surface area contributed by atoms with Crippen LogP contribution in [0.2, 0.25) is 0 Å². The lowest BCUT2D eigenvalue weighted by Crippen LogP contribution is -2.43. The summed E-state index contributed by atoms with van der Waals surface area (Å²) in [5.74, 6) is -0.361. The van der Waals surface area contributed by atoms with Crippen LogP contribution in [-0.2, 0) is 19.1 Å². The minimum atomic E-state index is -0.300. The first-order valence-electron chi connectivity index (χ1n) is 8.90. The Kier molecular flexibility index (Phi) is 5.68. The molecule has 1 amide bonds. The number of carbonyl (C=O) groups is 2. The van der Waals surface area contributed by atoms with Crippen molar-refractivity contribution in [3.8, 4) is 0 Å². The molecule has 6 nitrogen and oxygen atoms in total. The summed E-state index contributed by atoms with van der Waals surface area (Å²) in [5.41, 5.74) is 3.76. The van der Waals surface area contributed by atoms with E-state index in [2.05, 4.69) is 10.2 Å². The SMILES string of the molecule is CCOC(=O)C1=C(NC(=O)CN2CCOCC2)CC2=C1CCCC2. The van der Waals surface area contributed by atoms with Crippen LogP contribution in [0.25, 0.3) is 0 Å². The summed E-state index contributed by atoms with van der Waals surface area (Å²) in [7, 11) is 0. The highest BCUT2D eigenvalue weighted by Crippen LogP contribution is 2.40. The molecule has 0 aromatic carbocycles. The number of amides is 1. The first kappa shape index (κ1) is 17.2. The number of hydrogen-bond donors (Lipinski definition) is 1. The average Bonchev–Trinajstić information content (AvgIpc) is 2.93. The molecule has 0 unspecified atom stereocenters. The third-order valence-electron chi connectivity index (χ3n) is 4.82. The maximum Gasteiger partial charge on any atom is 0.340 e. The molecular formula is C18H26N2O4. The van der Waals surface area contributed by atoms with Gasteiger partial charge in [0.1, 0.15) is 0 Å². The molecule has 1 heterocycles. The maximum absolute atomic E-state index is 12.4. The molecule has 0 spiro atoms. The van der Waals surface area contributed by atoms with E-state index >= 15 is 0 Å². The lowest BCUT2D eigenvalue weighted by molar-refractivity contribution is -0.138. The molecule has 1 fully saturated rings. The predicted octanol–water partition coefficient (Wildman–Crippen LogP) is 1.53. The Labute approximate surface area is 142 Å². The second-order valence-corrected chi connectivity index (χ2v) is 6.48. The molecule has 3 aliphatic rings. The zero-order chi connectivity index (χ0) is 16.9. The summed E-state index contributed by atoms with van der Waals surface area (Å²) in [6, 6.07) is 0. The molecule has 0 atom stereocenters. The number of carbonyl (C=O) groups excluding carboxylic acids is 2. The van der Waals surface area contributed by atoms with Gasteiger partial charge in [-0.2, -0.15) is 0 Å². The van der Waals surface area contributed by atoms with E-state index in [0.29, 0.717) is 38.4 Å². The van der Waals surface area contributed by atoms with Gasteiger partial charge in [0, 0.05) is 25.2 Å². The van der Waals surface area contributed by atoms with Gasteiger partial charge in [0.15, 0.2) is 0 Å². The molecule has 0 aromatic rings. The van der Waals surface area contributed by atoms with Crippen molar-refractivity contribution >= 4 is 11.9 Å². The molecule has 0 saturated carbocycles. The Balaban J connectivity index is 1.70. The van der Waals surface area contributed by atoms with Gasteiger partial charge >= 0.3 is 5.97 Å². The second-order valence-electron chi connectivity index (χ2n) is 6.48. The fourth-order valence-electron chi connectivity index (χ4n) is 3.68. The van der Waals surface area contributed by atoms with Crippen molar-refractivity contribution in [3.05, 3.63) is 22.4 Å². The van der Waals surface area contributed by atoms with Gasteiger partial charge in [-0.25, -0.2) is 4.79 Å². The summed E-state index contributed by atoms with van der Waals surface area (Å²) in [6.45, 7) is 5.37. The van der Waals surface area contributed by atoms with Crippen molar-refractivity contribution in [3.63, 3.8) is 0 Å². The zero-order valence-corrected chi connectivity index (χ0v) is 14.4. The number of allylic oxidation sites excluding steroid dienone is 1. The highest BCUT2D eigenvalue weighted by Gasteiger charge is 2.32. The van der Waals surface area contributed by atoms with Crippen LogP contribution in [0.4, 0.5) is 0 Å². The van der Waals surface area contributed by atoms with Crippen LogP contribution < -0.4 is 5.32 Å². The number of esters is 1. The molecule has 2 aliphatic carbocycles. The minimum Gasteiger partial charge on any atom is -0.462 e. The summed E-state index contributed by atoms with van der Waals surface area (Å²) >= 11 is 0. The lowest BCUT2D eigenvalue weighted by atomic mass is 9.91. The Bertz CT molecular complexity index is 574. The molecule has 1 aliphatic heterocycles. The van der Waals surface area contributed by atoms with Crippen LogP contribution in [-0.4, -0.2) is 56.2 Å². The molecule has 0 aromatic heterocycles. The first-order chi connectivity index (χ1) is 11.7. The number of ether oxygens (including phenoxy) is 2. The molecule has 3 rings (SSSR count). The van der Waals surface area contributed by atoms with E-state index in [4.69, 9.17) is 9.47 Å². The summed E-state index contributed by atoms with van der Waals surface area (Å²) in [5, 5.41) is 2.99. The molecule has 24 heavy (non-hydrogen) atoms. The highest BCUT2D eigenvalue weighted by atomic mass is 16.5. The van der Waals surface area contributed by atoms with Crippen molar-refractivity contribution in [1.29, 1.82) is 0 Å². The number of hydrogen-bond acceptors (Lipinski definition) is 5. The Morgan fingerprint density at radius 3 is 2.71 bits per heavy atom. The fourth-order valence-corrected chi connectivity index (χ4v) is 3.68. The molecule has 0 bridgehead atoms. The summed E-state index contributed by atoms with van der Waals surface area (Å²) < 4.78 is 10.5. The Morgan fingerprint density at radius 2 is 1.96 bits per heavy atom. The molecule has 0 radical (unpaired) electrons. The molecule has 1 N–H and O–H groups in total. The highest BCUT2D eigenvalue weighted by molar-refractivity contribution is 5.97. The molecular weight excluding hydrogens is 308 g/mol. The van der Waals surface area contributed by atoms with Gasteiger partial charge in [-0.15, -0.1) is 0 Å². The van der Waals surface area contributed by atoms with Crippen LogP contribution >= 0.6 is 0 Å². The van der Waals surface area contributed by atoms with E-state index in [0.717, 1.165) is 50.0 Å². The lowest BCUT2D eigenvalue weighted by Gasteiger charge is -2.26.